The van der Waals surface area contributed by atoms with Crippen LogP contribution in [0, 0.1) is 11.3 Å². The van der Waals surface area contributed by atoms with E-state index in [1.165, 1.54) is 17.0 Å². The molecule has 2 heterocycles. The highest BCUT2D eigenvalue weighted by molar-refractivity contribution is 5.75. The molecule has 1 aromatic heterocycles. The van der Waals surface area contributed by atoms with E-state index < -0.39 is 23.9 Å². The Labute approximate surface area is 183 Å². The Bertz CT molecular complexity index is 958. The van der Waals surface area contributed by atoms with Gasteiger partial charge >= 0.3 is 6.18 Å². The topological polar surface area (TPSA) is 121 Å². The Kier molecular flexibility index (Phi) is 6.27. The van der Waals surface area contributed by atoms with E-state index in [1.807, 2.05) is 0 Å². The molecule has 2 aromatic rings. The monoisotopic (exact) mass is 453 g/mol. The Morgan fingerprint density at radius 2 is 2.00 bits per heavy atom. The van der Waals surface area contributed by atoms with Gasteiger partial charge in [0.2, 0.25) is 5.82 Å². The number of aliphatic hydroxyl groups excluding tert-OH is 1. The minimum absolute atomic E-state index is 0.00798. The molecule has 4 rings (SSSR count). The minimum atomic E-state index is -4.61. The van der Waals surface area contributed by atoms with Crippen molar-refractivity contribution in [1.29, 1.82) is 5.41 Å². The van der Waals surface area contributed by atoms with Gasteiger partial charge in [0.25, 0.3) is 5.89 Å². The highest BCUT2D eigenvalue weighted by atomic mass is 19.4. The fourth-order valence-corrected chi connectivity index (χ4v) is 4.39. The van der Waals surface area contributed by atoms with Crippen LogP contribution < -0.4 is 10.5 Å². The zero-order chi connectivity index (χ0) is 22.9. The van der Waals surface area contributed by atoms with Crippen LogP contribution in [0.3, 0.4) is 0 Å². The van der Waals surface area contributed by atoms with Crippen LogP contribution in [0.4, 0.5) is 13.2 Å². The minimum Gasteiger partial charge on any atom is -0.493 e. The fourth-order valence-electron chi connectivity index (χ4n) is 4.39. The number of nitrogens with two attached hydrogens (primary N) is 1. The fraction of sp³-hybridized carbons (Fsp3) is 0.571. The summed E-state index contributed by atoms with van der Waals surface area (Å²) in [7, 11) is 0. The SMILES string of the molecule is N=C(N)N1CC[C@H](O)[C@H]1c1nc(-c2ccc(OCC3CCCCC3)c(C(F)(F)F)c2)no1. The molecule has 0 radical (unpaired) electrons. The third kappa shape index (κ3) is 4.67. The van der Waals surface area contributed by atoms with Gasteiger partial charge < -0.3 is 25.0 Å². The Morgan fingerprint density at radius 3 is 2.69 bits per heavy atom. The first-order chi connectivity index (χ1) is 15.2. The molecule has 2 fully saturated rings. The van der Waals surface area contributed by atoms with Gasteiger partial charge in [0, 0.05) is 12.1 Å². The smallest absolute Gasteiger partial charge is 0.419 e. The van der Waals surface area contributed by atoms with Crippen molar-refractivity contribution in [2.24, 2.45) is 11.7 Å². The second-order valence-corrected chi connectivity index (χ2v) is 8.36. The van der Waals surface area contributed by atoms with Crippen LogP contribution in [-0.4, -0.2) is 45.4 Å². The van der Waals surface area contributed by atoms with Gasteiger partial charge in [-0.2, -0.15) is 18.2 Å². The van der Waals surface area contributed by atoms with E-state index in [1.54, 1.807) is 0 Å². The number of aliphatic hydroxyl groups is 1. The van der Waals surface area contributed by atoms with E-state index in [-0.39, 0.29) is 41.5 Å². The maximum absolute atomic E-state index is 13.7. The quantitative estimate of drug-likeness (QED) is 0.466. The number of nitrogens with zero attached hydrogens (tertiary/aromatic N) is 3. The van der Waals surface area contributed by atoms with Crippen molar-refractivity contribution in [1.82, 2.24) is 15.0 Å². The molecule has 2 atom stereocenters. The zero-order valence-corrected chi connectivity index (χ0v) is 17.4. The number of hydrogen-bond acceptors (Lipinski definition) is 6. The van der Waals surface area contributed by atoms with Crippen LogP contribution in [0.15, 0.2) is 22.7 Å². The predicted octanol–water partition coefficient (Wildman–Crippen LogP) is 3.72. The molecule has 1 aliphatic carbocycles. The summed E-state index contributed by atoms with van der Waals surface area (Å²) >= 11 is 0. The molecule has 0 spiro atoms. The summed E-state index contributed by atoms with van der Waals surface area (Å²) in [4.78, 5) is 5.59. The largest absolute Gasteiger partial charge is 0.493 e. The Balaban J connectivity index is 1.57. The number of alkyl halides is 3. The predicted molar refractivity (Wildman–Crippen MR) is 109 cm³/mol. The van der Waals surface area contributed by atoms with Crippen molar-refractivity contribution in [3.8, 4) is 17.1 Å². The van der Waals surface area contributed by atoms with Gasteiger partial charge in [-0.05, 0) is 43.4 Å². The van der Waals surface area contributed by atoms with Crippen molar-refractivity contribution < 1.29 is 27.5 Å². The first-order valence-corrected chi connectivity index (χ1v) is 10.7. The van der Waals surface area contributed by atoms with E-state index in [4.69, 9.17) is 20.4 Å². The lowest BCUT2D eigenvalue weighted by Gasteiger charge is -2.23. The van der Waals surface area contributed by atoms with Crippen molar-refractivity contribution in [3.05, 3.63) is 29.7 Å². The van der Waals surface area contributed by atoms with Crippen molar-refractivity contribution in [2.45, 2.75) is 56.8 Å². The number of guanidine groups is 1. The molecule has 0 amide bonds. The maximum atomic E-state index is 13.7. The van der Waals surface area contributed by atoms with E-state index in [2.05, 4.69) is 10.1 Å². The van der Waals surface area contributed by atoms with E-state index in [0.29, 0.717) is 13.0 Å². The van der Waals surface area contributed by atoms with Gasteiger partial charge in [-0.3, -0.25) is 5.41 Å². The number of aromatic nitrogens is 2. The lowest BCUT2D eigenvalue weighted by Crippen LogP contribution is -2.37. The Morgan fingerprint density at radius 1 is 1.25 bits per heavy atom. The third-order valence-electron chi connectivity index (χ3n) is 6.11. The lowest BCUT2D eigenvalue weighted by atomic mass is 9.90. The molecule has 4 N–H and O–H groups in total. The van der Waals surface area contributed by atoms with Crippen LogP contribution in [0.5, 0.6) is 5.75 Å². The summed E-state index contributed by atoms with van der Waals surface area (Å²) < 4.78 is 52.0. The van der Waals surface area contributed by atoms with E-state index >= 15 is 0 Å². The number of likely N-dealkylation sites (tertiary alicyclic amines) is 1. The van der Waals surface area contributed by atoms with Gasteiger partial charge in [-0.25, -0.2) is 0 Å². The molecule has 2 aliphatic rings. The van der Waals surface area contributed by atoms with Crippen LogP contribution in [0.2, 0.25) is 0 Å². The highest BCUT2D eigenvalue weighted by Crippen LogP contribution is 2.39. The lowest BCUT2D eigenvalue weighted by molar-refractivity contribution is -0.139. The van der Waals surface area contributed by atoms with Crippen LogP contribution in [0.25, 0.3) is 11.4 Å². The molecule has 1 aliphatic heterocycles. The molecule has 11 heteroatoms. The number of benzene rings is 1. The van der Waals surface area contributed by atoms with Crippen molar-refractivity contribution in [2.75, 3.05) is 13.2 Å². The number of halogens is 3. The average molecular weight is 453 g/mol. The normalized spacial score (nSPS) is 22.3. The second-order valence-electron chi connectivity index (χ2n) is 8.36. The van der Waals surface area contributed by atoms with E-state index in [9.17, 15) is 18.3 Å². The summed E-state index contributed by atoms with van der Waals surface area (Å²) in [5.74, 6) is -0.265. The molecule has 8 nitrogen and oxygen atoms in total. The van der Waals surface area contributed by atoms with Gasteiger partial charge in [0.15, 0.2) is 5.96 Å². The molecule has 1 aromatic carbocycles. The average Bonchev–Trinajstić information content (AvgIpc) is 3.39. The first-order valence-electron chi connectivity index (χ1n) is 10.7. The van der Waals surface area contributed by atoms with Gasteiger partial charge in [-0.1, -0.05) is 24.4 Å². The number of ether oxygens (including phenoxy) is 1. The molecular weight excluding hydrogens is 427 g/mol. The number of nitrogens with one attached hydrogen (secondary N) is 1. The van der Waals surface area contributed by atoms with Gasteiger partial charge in [0.1, 0.15) is 11.8 Å². The highest BCUT2D eigenvalue weighted by Gasteiger charge is 2.40. The van der Waals surface area contributed by atoms with Crippen LogP contribution in [-0.2, 0) is 6.18 Å². The zero-order valence-electron chi connectivity index (χ0n) is 17.4. The van der Waals surface area contributed by atoms with Gasteiger partial charge in [-0.15, -0.1) is 0 Å². The summed E-state index contributed by atoms with van der Waals surface area (Å²) in [5, 5.41) is 21.6. The molecular formula is C21H26F3N5O3. The third-order valence-corrected chi connectivity index (χ3v) is 6.11. The summed E-state index contributed by atoms with van der Waals surface area (Å²) in [6.45, 7) is 0.597. The summed E-state index contributed by atoms with van der Waals surface area (Å²) in [6, 6.07) is 2.87. The molecule has 0 bridgehead atoms. The summed E-state index contributed by atoms with van der Waals surface area (Å²) in [6.07, 6.45) is 0.114. The second kappa shape index (κ2) is 8.97. The van der Waals surface area contributed by atoms with Crippen LogP contribution in [0.1, 0.15) is 56.0 Å². The maximum Gasteiger partial charge on any atom is 0.419 e. The van der Waals surface area contributed by atoms with Gasteiger partial charge in [0.05, 0.1) is 18.3 Å². The molecule has 0 unspecified atom stereocenters. The Hall–Kier alpha value is -2.82. The van der Waals surface area contributed by atoms with Crippen molar-refractivity contribution >= 4 is 5.96 Å². The van der Waals surface area contributed by atoms with Crippen LogP contribution >= 0.6 is 0 Å². The van der Waals surface area contributed by atoms with E-state index in [0.717, 1.165) is 38.2 Å². The molecule has 1 saturated heterocycles. The number of rotatable bonds is 5. The number of hydrogen-bond donors (Lipinski definition) is 3. The molecule has 174 valence electrons. The summed E-state index contributed by atoms with van der Waals surface area (Å²) in [5.41, 5.74) is 4.75. The first kappa shape index (κ1) is 22.4. The van der Waals surface area contributed by atoms with Crippen molar-refractivity contribution in [3.63, 3.8) is 0 Å². The standard InChI is InChI=1S/C21H26F3N5O3/c22-21(23,24)14-10-13(6-7-16(14)31-11-12-4-2-1-3-5-12)18-27-19(32-28-18)17-15(30)8-9-29(17)20(25)26/h6-7,10,12,15,17,30H,1-5,8-9,11H2,(H3,25,26)/t15-,17-/m0/s1. The molecule has 1 saturated carbocycles. The molecule has 32 heavy (non-hydrogen) atoms.